The van der Waals surface area contributed by atoms with Gasteiger partial charge in [0.2, 0.25) is 0 Å². The van der Waals surface area contributed by atoms with Crippen molar-refractivity contribution in [2.45, 2.75) is 268 Å². The molecule has 15 rings (SSSR count). The van der Waals surface area contributed by atoms with Crippen LogP contribution in [0.15, 0.2) is 267 Å². The number of halogens is 4. The normalized spacial score (nSPS) is 10.5. The molecule has 0 aliphatic carbocycles. The predicted octanol–water partition coefficient (Wildman–Crippen LogP) is 39.8. The lowest BCUT2D eigenvalue weighted by Gasteiger charge is -2.28. The number of aryl methyl sites for hydroxylation is 23. The highest BCUT2D eigenvalue weighted by Gasteiger charge is 2.25. The van der Waals surface area contributed by atoms with Gasteiger partial charge in [-0.2, -0.15) is 0 Å². The van der Waals surface area contributed by atoms with Crippen LogP contribution in [0, 0.1) is 228 Å². The summed E-state index contributed by atoms with van der Waals surface area (Å²) in [5, 5.41) is 0. The van der Waals surface area contributed by atoms with Crippen molar-refractivity contribution in [3.63, 3.8) is 0 Å². The van der Waals surface area contributed by atoms with Crippen molar-refractivity contribution in [2.75, 3.05) is 0 Å². The van der Waals surface area contributed by atoms with Crippen LogP contribution in [-0.4, -0.2) is 0 Å². The topological polar surface area (TPSA) is 0 Å². The highest BCUT2D eigenvalue weighted by Crippen LogP contribution is 2.49. The molecule has 4 heteroatoms. The van der Waals surface area contributed by atoms with Gasteiger partial charge in [-0.1, -0.05) is 320 Å². The number of hydrogen-bond donors (Lipinski definition) is 0. The molecule has 0 amide bonds. The number of benzene rings is 15. The SMILES string of the molecule is C.Cc1c(C)c(Br)c(-c2c(Br)c(C)c(C)c(C)c2Br)c(Br)c1C.Cc1cc(-c2cc(C)c(C)c(C)c2)cc(C)c1C.Cc1cc(CC(C)(C)c2cc(C)c(C)c(C)c2)cc(C)c1C.Cc1ccc(-c2ccc(C)c(C)c2)cc1C.Cc1ccc(-c2ccc(C)cc2)cc1.Cc1ccc(C)c(C)c1.Cc1ccc(C)cc1.Cc1ccc(Cc2ccc(C)cc2)cc1.Cc1cccc(C)c1. The van der Waals surface area contributed by atoms with E-state index < -0.39 is 0 Å². The Morgan fingerprint density at radius 2 is 0.406 bits per heavy atom. The van der Waals surface area contributed by atoms with E-state index in [2.05, 4.69) is 555 Å². The Balaban J connectivity index is 0.000000234. The first-order chi connectivity index (χ1) is 62.0. The summed E-state index contributed by atoms with van der Waals surface area (Å²) in [6, 6.07) is 90.2. The molecular weight excluding hydrogens is 1870 g/mol. The summed E-state index contributed by atoms with van der Waals surface area (Å²) >= 11 is 15.3. The standard InChI is InChI=1S/C22H30.C18H18Br4.C18H22.C16H18.C15H16.C14H14.C9H12.2C8H10.CH4/c1-14-9-20(10-15(2)18(14)5)13-22(7,8)21-11-16(3)19(6)17(4)12-21;1-7-9(3)15(19)13(16(20)10(7)4)14-17(21)11(5)8(2)12(6)18(14)22;1-11-7-17(8-12(2)15(11)5)18-9-13(3)16(6)14(4)10-18;1-11-5-7-15(9-13(11)3)16-8-6-12(2)14(4)10-16;1-12-3-7-14(8-4-12)11-15-9-5-13(2)6-10-15;1-11-3-7-13(8-4-11)14-9-5-12(2)6-10-14;1-7-4-5-8(2)9(3)6-7;1-7-3-5-8(2)6-4-7;1-7-4-3-5-8(2)6-7;/h9-12H,13H2,1-8H3;1-6H3;7-10H,1-6H3;5-10H,1-4H3;3-10H,11H2,1-2H3;3-10H,1-2H3;4-6H,1-3H3;2*3-6H,1-2H3;1H4. The smallest absolute Gasteiger partial charge is 0.0297 e. The van der Waals surface area contributed by atoms with Gasteiger partial charge in [0.15, 0.2) is 0 Å². The third-order valence-corrected chi connectivity index (χ3v) is 30.7. The van der Waals surface area contributed by atoms with E-state index in [1.165, 1.54) is 250 Å². The van der Waals surface area contributed by atoms with E-state index in [4.69, 9.17) is 0 Å². The molecule has 698 valence electrons. The summed E-state index contributed by atoms with van der Waals surface area (Å²) in [7, 11) is 0. The van der Waals surface area contributed by atoms with Crippen LogP contribution < -0.4 is 0 Å². The van der Waals surface area contributed by atoms with E-state index in [-0.39, 0.29) is 12.8 Å². The molecule has 0 saturated carbocycles. The maximum absolute atomic E-state index is 3.82. The van der Waals surface area contributed by atoms with Crippen LogP contribution in [0.25, 0.3) is 44.5 Å². The highest BCUT2D eigenvalue weighted by molar-refractivity contribution is 9.11. The molecule has 0 N–H and O–H groups in total. The van der Waals surface area contributed by atoms with Gasteiger partial charge >= 0.3 is 0 Å². The molecule has 0 radical (unpaired) electrons. The molecule has 0 nitrogen and oxygen atoms in total. The minimum atomic E-state index is 0. The minimum Gasteiger partial charge on any atom is -0.0776 e. The molecule has 15 aromatic carbocycles. The molecular formula is C129H154Br4. The van der Waals surface area contributed by atoms with Gasteiger partial charge in [-0.05, 0) is 500 Å². The summed E-state index contributed by atoms with van der Waals surface area (Å²) in [5.41, 5.74) is 60.7. The lowest BCUT2D eigenvalue weighted by molar-refractivity contribution is 0.521. The average Bonchev–Trinajstić information content (AvgIpc) is 0.743. The molecule has 0 fully saturated rings. The van der Waals surface area contributed by atoms with Gasteiger partial charge < -0.3 is 0 Å². The Hall–Kier alpha value is -9.78. The van der Waals surface area contributed by atoms with Crippen LogP contribution in [0.4, 0.5) is 0 Å². The fourth-order valence-electron chi connectivity index (χ4n) is 15.6. The average molecular weight is 2020 g/mol. The van der Waals surface area contributed by atoms with Gasteiger partial charge in [0.05, 0.1) is 0 Å². The summed E-state index contributed by atoms with van der Waals surface area (Å²) < 4.78 is 4.58. The molecule has 0 heterocycles. The molecule has 0 aromatic heterocycles. The first-order valence-electron chi connectivity index (χ1n) is 46.7. The van der Waals surface area contributed by atoms with Gasteiger partial charge in [-0.15, -0.1) is 0 Å². The Morgan fingerprint density at radius 1 is 0.180 bits per heavy atom. The van der Waals surface area contributed by atoms with Crippen molar-refractivity contribution >= 4 is 63.7 Å². The van der Waals surface area contributed by atoms with Crippen molar-refractivity contribution in [1.82, 2.24) is 0 Å². The Morgan fingerprint density at radius 3 is 0.669 bits per heavy atom. The number of rotatable bonds is 9. The van der Waals surface area contributed by atoms with Crippen LogP contribution in [0.5, 0.6) is 0 Å². The summed E-state index contributed by atoms with van der Waals surface area (Å²) in [4.78, 5) is 0. The van der Waals surface area contributed by atoms with Crippen LogP contribution in [-0.2, 0) is 18.3 Å². The van der Waals surface area contributed by atoms with Crippen molar-refractivity contribution in [1.29, 1.82) is 0 Å². The molecule has 0 aliphatic rings. The molecule has 0 unspecified atom stereocenters. The molecule has 0 aliphatic heterocycles. The second-order valence-corrected chi connectivity index (χ2v) is 41.4. The molecule has 15 aromatic rings. The van der Waals surface area contributed by atoms with Crippen LogP contribution in [0.2, 0.25) is 0 Å². The molecule has 0 saturated heterocycles. The second kappa shape index (κ2) is 51.8. The first-order valence-corrected chi connectivity index (χ1v) is 49.9. The summed E-state index contributed by atoms with van der Waals surface area (Å²) in [5.74, 6) is 0. The fraction of sp³-hybridized carbons (Fsp3) is 0.302. The minimum absolute atomic E-state index is 0. The largest absolute Gasteiger partial charge is 0.0776 e. The Kier molecular flexibility index (Phi) is 43.6. The molecule has 0 atom stereocenters. The Bertz CT molecular complexity index is 5950. The van der Waals surface area contributed by atoms with Crippen molar-refractivity contribution in [3.05, 3.63) is 472 Å². The monoisotopic (exact) mass is 2020 g/mol. The zero-order valence-corrected chi connectivity index (χ0v) is 92.9. The lowest BCUT2D eigenvalue weighted by atomic mass is 9.77. The van der Waals surface area contributed by atoms with Crippen molar-refractivity contribution < 1.29 is 0 Å². The second-order valence-electron chi connectivity index (χ2n) is 38.3. The van der Waals surface area contributed by atoms with E-state index >= 15 is 0 Å². The third-order valence-electron chi connectivity index (χ3n) is 26.7. The summed E-state index contributed by atoms with van der Waals surface area (Å²) in [6.45, 7) is 76.1. The number of hydrogen-bond acceptors (Lipinski definition) is 0. The van der Waals surface area contributed by atoms with E-state index in [0.29, 0.717) is 0 Å². The highest BCUT2D eigenvalue weighted by atomic mass is 79.9. The van der Waals surface area contributed by atoms with Gasteiger partial charge in [0.25, 0.3) is 0 Å². The van der Waals surface area contributed by atoms with Crippen LogP contribution >= 0.6 is 63.7 Å². The fourth-order valence-corrected chi connectivity index (χ4v) is 18.9. The van der Waals surface area contributed by atoms with Gasteiger partial charge in [0, 0.05) is 29.0 Å². The van der Waals surface area contributed by atoms with Crippen LogP contribution in [0.1, 0.15) is 227 Å². The van der Waals surface area contributed by atoms with E-state index in [1.54, 1.807) is 0 Å². The van der Waals surface area contributed by atoms with E-state index in [9.17, 15) is 0 Å². The molecule has 0 spiro atoms. The van der Waals surface area contributed by atoms with Gasteiger partial charge in [-0.25, -0.2) is 0 Å². The molecule has 133 heavy (non-hydrogen) atoms. The quantitative estimate of drug-likeness (QED) is 0.135. The first kappa shape index (κ1) is 112. The zero-order chi connectivity index (χ0) is 98.2. The maximum atomic E-state index is 3.82. The van der Waals surface area contributed by atoms with Crippen molar-refractivity contribution in [3.8, 4) is 44.5 Å². The third kappa shape index (κ3) is 32.8. The predicted molar refractivity (Wildman–Crippen MR) is 606 cm³/mol. The Labute approximate surface area is 841 Å². The van der Waals surface area contributed by atoms with Crippen LogP contribution in [0.3, 0.4) is 0 Å². The lowest BCUT2D eigenvalue weighted by Crippen LogP contribution is -2.21. The van der Waals surface area contributed by atoms with Gasteiger partial charge in [0.1, 0.15) is 0 Å². The van der Waals surface area contributed by atoms with E-state index in [1.807, 2.05) is 0 Å². The van der Waals surface area contributed by atoms with Crippen molar-refractivity contribution in [2.24, 2.45) is 0 Å². The molecule has 0 bridgehead atoms. The van der Waals surface area contributed by atoms with E-state index in [0.717, 1.165) is 30.7 Å². The summed E-state index contributed by atoms with van der Waals surface area (Å²) in [6.07, 6.45) is 2.11. The zero-order valence-electron chi connectivity index (χ0n) is 86.6. The maximum Gasteiger partial charge on any atom is 0.0297 e. The van der Waals surface area contributed by atoms with Gasteiger partial charge in [-0.3, -0.25) is 0 Å².